The largest absolute Gasteiger partial charge is 0.507 e. The fraction of sp³-hybridized carbons (Fsp3) is 0.192. The van der Waals surface area contributed by atoms with Crippen molar-refractivity contribution in [2.75, 3.05) is 7.11 Å². The van der Waals surface area contributed by atoms with Gasteiger partial charge in [-0.05, 0) is 54.8 Å². The number of hydrogen-bond acceptors (Lipinski definition) is 5. The molecule has 0 saturated carbocycles. The minimum absolute atomic E-state index is 0.0576. The summed E-state index contributed by atoms with van der Waals surface area (Å²) >= 11 is 0. The summed E-state index contributed by atoms with van der Waals surface area (Å²) in [6, 6.07) is 15.8. The van der Waals surface area contributed by atoms with Crippen LogP contribution < -0.4 is 4.74 Å². The fourth-order valence-electron chi connectivity index (χ4n) is 4.10. The standard InChI is InChI=1S/C26H24N2O4/c1-16-8-9-21(32-3)20(14-16)24(29)22-23(19-7-5-4-6-17(19)2)28(26(31)25(22)30)15-18-10-12-27-13-11-18/h4-14,23,29H,15H2,1-3H3/b24-22+. The van der Waals surface area contributed by atoms with Gasteiger partial charge in [0.15, 0.2) is 0 Å². The molecule has 1 atom stereocenters. The highest BCUT2D eigenvalue weighted by Gasteiger charge is 2.46. The van der Waals surface area contributed by atoms with Crippen molar-refractivity contribution >= 4 is 17.4 Å². The van der Waals surface area contributed by atoms with E-state index >= 15 is 0 Å². The molecule has 1 unspecified atom stereocenters. The lowest BCUT2D eigenvalue weighted by Gasteiger charge is -2.26. The summed E-state index contributed by atoms with van der Waals surface area (Å²) in [5.74, 6) is -1.18. The van der Waals surface area contributed by atoms with Crippen molar-refractivity contribution < 1.29 is 19.4 Å². The van der Waals surface area contributed by atoms with E-state index in [-0.39, 0.29) is 17.9 Å². The van der Waals surface area contributed by atoms with Crippen LogP contribution >= 0.6 is 0 Å². The number of benzene rings is 2. The third-order valence-electron chi connectivity index (χ3n) is 5.74. The number of methoxy groups -OCH3 is 1. The predicted octanol–water partition coefficient (Wildman–Crippen LogP) is 4.33. The quantitative estimate of drug-likeness (QED) is 0.372. The molecule has 162 valence electrons. The van der Waals surface area contributed by atoms with Gasteiger partial charge in [0, 0.05) is 18.9 Å². The highest BCUT2D eigenvalue weighted by molar-refractivity contribution is 6.46. The number of nitrogens with zero attached hydrogens (tertiary/aromatic N) is 2. The summed E-state index contributed by atoms with van der Waals surface area (Å²) in [5.41, 5.74) is 3.88. The Balaban J connectivity index is 1.93. The molecule has 6 heteroatoms. The summed E-state index contributed by atoms with van der Waals surface area (Å²) in [7, 11) is 1.50. The molecule has 1 aliphatic heterocycles. The van der Waals surface area contributed by atoms with Gasteiger partial charge in [0.2, 0.25) is 0 Å². The number of amides is 1. The monoisotopic (exact) mass is 428 g/mol. The van der Waals surface area contributed by atoms with Crippen molar-refractivity contribution in [1.82, 2.24) is 9.88 Å². The molecule has 0 spiro atoms. The van der Waals surface area contributed by atoms with E-state index in [4.69, 9.17) is 4.74 Å². The van der Waals surface area contributed by atoms with Crippen molar-refractivity contribution in [3.63, 3.8) is 0 Å². The molecule has 32 heavy (non-hydrogen) atoms. The highest BCUT2D eigenvalue weighted by Crippen LogP contribution is 2.42. The van der Waals surface area contributed by atoms with Gasteiger partial charge in [-0.15, -0.1) is 0 Å². The second-order valence-electron chi connectivity index (χ2n) is 7.84. The highest BCUT2D eigenvalue weighted by atomic mass is 16.5. The number of rotatable bonds is 5. The maximum Gasteiger partial charge on any atom is 0.295 e. The number of ether oxygens (including phenoxy) is 1. The average Bonchev–Trinajstić information content (AvgIpc) is 3.04. The zero-order valence-corrected chi connectivity index (χ0v) is 18.2. The average molecular weight is 428 g/mol. The molecule has 3 aromatic rings. The Morgan fingerprint density at radius 3 is 2.47 bits per heavy atom. The Hall–Kier alpha value is -3.93. The van der Waals surface area contributed by atoms with Crippen LogP contribution in [0, 0.1) is 13.8 Å². The van der Waals surface area contributed by atoms with Crippen LogP contribution in [0.3, 0.4) is 0 Å². The molecule has 1 N–H and O–H groups in total. The Morgan fingerprint density at radius 1 is 1.06 bits per heavy atom. The first-order valence-electron chi connectivity index (χ1n) is 10.3. The van der Waals surface area contributed by atoms with E-state index < -0.39 is 17.7 Å². The molecule has 1 saturated heterocycles. The molecule has 4 rings (SSSR count). The van der Waals surface area contributed by atoms with E-state index in [1.54, 1.807) is 36.7 Å². The number of aliphatic hydroxyl groups excluding tert-OH is 1. The molecule has 0 aliphatic carbocycles. The van der Waals surface area contributed by atoms with Crippen molar-refractivity contribution in [2.45, 2.75) is 26.4 Å². The Kier molecular flexibility index (Phi) is 5.77. The first-order valence-corrected chi connectivity index (χ1v) is 10.3. The van der Waals surface area contributed by atoms with Crippen molar-refractivity contribution in [2.24, 2.45) is 0 Å². The van der Waals surface area contributed by atoms with Crippen molar-refractivity contribution in [3.05, 3.63) is 100 Å². The van der Waals surface area contributed by atoms with Crippen LogP contribution in [0.4, 0.5) is 0 Å². The van der Waals surface area contributed by atoms with Crippen LogP contribution in [0.1, 0.15) is 33.9 Å². The van der Waals surface area contributed by atoms with Gasteiger partial charge in [-0.1, -0.05) is 35.9 Å². The van der Waals surface area contributed by atoms with Gasteiger partial charge in [0.05, 0.1) is 24.3 Å². The summed E-state index contributed by atoms with van der Waals surface area (Å²) in [4.78, 5) is 31.9. The number of ketones is 1. The zero-order valence-electron chi connectivity index (χ0n) is 18.2. The minimum atomic E-state index is -0.727. The van der Waals surface area contributed by atoms with E-state index in [2.05, 4.69) is 4.98 Å². The lowest BCUT2D eigenvalue weighted by atomic mass is 9.92. The third-order valence-corrected chi connectivity index (χ3v) is 5.74. The summed E-state index contributed by atoms with van der Waals surface area (Å²) in [6.45, 7) is 4.03. The molecule has 2 aromatic carbocycles. The number of pyridine rings is 1. The predicted molar refractivity (Wildman–Crippen MR) is 121 cm³/mol. The van der Waals surface area contributed by atoms with Crippen LogP contribution in [-0.2, 0) is 16.1 Å². The second-order valence-corrected chi connectivity index (χ2v) is 7.84. The van der Waals surface area contributed by atoms with Gasteiger partial charge in [0.1, 0.15) is 11.5 Å². The Morgan fingerprint density at radius 2 is 1.78 bits per heavy atom. The molecule has 2 heterocycles. The van der Waals surface area contributed by atoms with Crippen LogP contribution in [0.2, 0.25) is 0 Å². The first-order chi connectivity index (χ1) is 15.4. The van der Waals surface area contributed by atoms with Gasteiger partial charge >= 0.3 is 0 Å². The van der Waals surface area contributed by atoms with E-state index in [0.717, 1.165) is 22.3 Å². The topological polar surface area (TPSA) is 79.7 Å². The van der Waals surface area contributed by atoms with Crippen LogP contribution in [0.25, 0.3) is 5.76 Å². The number of carbonyl (C=O) groups is 2. The third kappa shape index (κ3) is 3.75. The molecule has 0 radical (unpaired) electrons. The zero-order chi connectivity index (χ0) is 22.8. The molecule has 1 amide bonds. The maximum atomic E-state index is 13.2. The molecule has 0 bridgehead atoms. The lowest BCUT2D eigenvalue weighted by Crippen LogP contribution is -2.29. The van der Waals surface area contributed by atoms with Crippen LogP contribution in [0.15, 0.2) is 72.6 Å². The fourth-order valence-corrected chi connectivity index (χ4v) is 4.10. The van der Waals surface area contributed by atoms with E-state index in [0.29, 0.717) is 11.3 Å². The first kappa shape index (κ1) is 21.3. The number of aryl methyl sites for hydroxylation is 2. The second kappa shape index (κ2) is 8.67. The summed E-state index contributed by atoms with van der Waals surface area (Å²) in [6.07, 6.45) is 3.29. The number of hydrogen-bond donors (Lipinski definition) is 1. The summed E-state index contributed by atoms with van der Waals surface area (Å²) in [5, 5.41) is 11.3. The van der Waals surface area contributed by atoms with E-state index in [1.807, 2.05) is 44.2 Å². The number of Topliss-reactive ketones (excluding diaryl/α,β-unsaturated/α-hetero) is 1. The normalized spacial score (nSPS) is 17.6. The smallest absolute Gasteiger partial charge is 0.295 e. The lowest BCUT2D eigenvalue weighted by molar-refractivity contribution is -0.140. The number of aliphatic hydroxyl groups is 1. The van der Waals surface area contributed by atoms with Gasteiger partial charge in [-0.3, -0.25) is 14.6 Å². The van der Waals surface area contributed by atoms with Gasteiger partial charge < -0.3 is 14.7 Å². The van der Waals surface area contributed by atoms with Crippen LogP contribution in [0.5, 0.6) is 5.75 Å². The van der Waals surface area contributed by atoms with Gasteiger partial charge in [-0.2, -0.15) is 0 Å². The summed E-state index contributed by atoms with van der Waals surface area (Å²) < 4.78 is 5.42. The van der Waals surface area contributed by atoms with E-state index in [9.17, 15) is 14.7 Å². The van der Waals surface area contributed by atoms with Crippen LogP contribution in [-0.4, -0.2) is 33.8 Å². The molecule has 1 aromatic heterocycles. The molecule has 6 nitrogen and oxygen atoms in total. The molecular weight excluding hydrogens is 404 g/mol. The number of aromatic nitrogens is 1. The molecule has 1 aliphatic rings. The van der Waals surface area contributed by atoms with E-state index in [1.165, 1.54) is 12.0 Å². The van der Waals surface area contributed by atoms with Gasteiger partial charge in [-0.25, -0.2) is 0 Å². The SMILES string of the molecule is COc1ccc(C)cc1/C(O)=C1\C(=O)C(=O)N(Cc2ccncc2)C1c1ccccc1C. The Bertz CT molecular complexity index is 1220. The van der Waals surface area contributed by atoms with Gasteiger partial charge in [0.25, 0.3) is 11.7 Å². The number of likely N-dealkylation sites (tertiary alicyclic amines) is 1. The maximum absolute atomic E-state index is 13.2. The molecule has 1 fully saturated rings. The number of carbonyl (C=O) groups excluding carboxylic acids is 2. The van der Waals surface area contributed by atoms with Crippen molar-refractivity contribution in [3.8, 4) is 5.75 Å². The Labute approximate surface area is 186 Å². The minimum Gasteiger partial charge on any atom is -0.507 e. The molecular formula is C26H24N2O4. The van der Waals surface area contributed by atoms with Crippen molar-refractivity contribution in [1.29, 1.82) is 0 Å².